The van der Waals surface area contributed by atoms with E-state index in [9.17, 15) is 9.59 Å². The summed E-state index contributed by atoms with van der Waals surface area (Å²) in [6.45, 7) is 9.94. The van der Waals surface area contributed by atoms with Crippen molar-refractivity contribution in [2.45, 2.75) is 59.9 Å². The molecule has 1 unspecified atom stereocenters. The highest BCUT2D eigenvalue weighted by Crippen LogP contribution is 2.21. The molecule has 2 N–H and O–H groups in total. The maximum absolute atomic E-state index is 11.6. The van der Waals surface area contributed by atoms with Gasteiger partial charge in [0, 0.05) is 6.42 Å². The summed E-state index contributed by atoms with van der Waals surface area (Å²) in [7, 11) is 0. The average Bonchev–Trinajstić information content (AvgIpc) is 2.10. The Bertz CT molecular complexity index is 266. The van der Waals surface area contributed by atoms with Gasteiger partial charge >= 0.3 is 5.97 Å². The largest absolute Gasteiger partial charge is 0.480 e. The van der Waals surface area contributed by atoms with Crippen LogP contribution >= 0.6 is 0 Å². The molecule has 0 aliphatic carbocycles. The number of carbonyl (C=O) groups excluding carboxylic acids is 1. The van der Waals surface area contributed by atoms with E-state index in [2.05, 4.69) is 26.1 Å². The van der Waals surface area contributed by atoms with E-state index in [1.54, 1.807) is 13.8 Å². The number of nitrogens with one attached hydrogen (secondary N) is 1. The molecule has 0 spiro atoms. The first-order valence-electron chi connectivity index (χ1n) is 6.15. The molecule has 0 radical (unpaired) electrons. The van der Waals surface area contributed by atoms with Gasteiger partial charge in [-0.25, -0.2) is 4.79 Å². The number of aliphatic carboxylic acids is 1. The number of carbonyl (C=O) groups is 2. The number of carboxylic acid groups (broad SMARTS) is 1. The van der Waals surface area contributed by atoms with E-state index in [4.69, 9.17) is 5.11 Å². The van der Waals surface area contributed by atoms with Gasteiger partial charge in [-0.3, -0.25) is 4.79 Å². The van der Waals surface area contributed by atoms with Crippen molar-refractivity contribution in [2.75, 3.05) is 0 Å². The lowest BCUT2D eigenvalue weighted by Crippen LogP contribution is -2.44. The van der Waals surface area contributed by atoms with Crippen molar-refractivity contribution < 1.29 is 14.7 Å². The Labute approximate surface area is 104 Å². The molecule has 0 aliphatic heterocycles. The summed E-state index contributed by atoms with van der Waals surface area (Å²) in [5, 5.41) is 11.5. The molecule has 4 heteroatoms. The first kappa shape index (κ1) is 15.9. The Morgan fingerprint density at radius 1 is 1.24 bits per heavy atom. The molecule has 100 valence electrons. The van der Waals surface area contributed by atoms with Crippen LogP contribution in [0.4, 0.5) is 0 Å². The molecule has 0 rings (SSSR count). The van der Waals surface area contributed by atoms with Gasteiger partial charge < -0.3 is 10.4 Å². The minimum absolute atomic E-state index is 0.0981. The first-order valence-corrected chi connectivity index (χ1v) is 6.15. The Kier molecular flexibility index (Phi) is 6.21. The molecule has 1 amide bonds. The van der Waals surface area contributed by atoms with Crippen LogP contribution in [0.1, 0.15) is 53.9 Å². The summed E-state index contributed by atoms with van der Waals surface area (Å²) in [5.74, 6) is -1.24. The maximum Gasteiger partial charge on any atom is 0.326 e. The monoisotopic (exact) mass is 243 g/mol. The summed E-state index contributed by atoms with van der Waals surface area (Å²) in [4.78, 5) is 22.5. The molecular weight excluding hydrogens is 218 g/mol. The third-order valence-electron chi connectivity index (χ3n) is 2.58. The molecule has 0 aliphatic rings. The fourth-order valence-electron chi connectivity index (χ4n) is 1.54. The van der Waals surface area contributed by atoms with Crippen molar-refractivity contribution in [1.29, 1.82) is 0 Å². The van der Waals surface area contributed by atoms with E-state index >= 15 is 0 Å². The second-order valence-electron chi connectivity index (χ2n) is 6.04. The van der Waals surface area contributed by atoms with E-state index in [1.165, 1.54) is 0 Å². The lowest BCUT2D eigenvalue weighted by atomic mass is 9.90. The standard InChI is InChI=1S/C13H25NO3/c1-9(2)11(12(16)17)14-10(15)7-6-8-13(3,4)5/h9,11H,6-8H2,1-5H3,(H,14,15)(H,16,17). The van der Waals surface area contributed by atoms with Gasteiger partial charge in [0.05, 0.1) is 0 Å². The van der Waals surface area contributed by atoms with Crippen molar-refractivity contribution in [3.05, 3.63) is 0 Å². The van der Waals surface area contributed by atoms with Gasteiger partial charge in [0.2, 0.25) is 5.91 Å². The minimum atomic E-state index is -0.968. The van der Waals surface area contributed by atoms with Gasteiger partial charge in [0.25, 0.3) is 0 Å². The molecule has 0 saturated carbocycles. The summed E-state index contributed by atoms with van der Waals surface area (Å²) >= 11 is 0. The molecule has 0 heterocycles. The van der Waals surface area contributed by atoms with Gasteiger partial charge in [-0.2, -0.15) is 0 Å². The second kappa shape index (κ2) is 6.62. The summed E-state index contributed by atoms with van der Waals surface area (Å²) in [5.41, 5.74) is 0.213. The van der Waals surface area contributed by atoms with E-state index in [0.29, 0.717) is 6.42 Å². The molecule has 0 aromatic carbocycles. The smallest absolute Gasteiger partial charge is 0.326 e. The fourth-order valence-corrected chi connectivity index (χ4v) is 1.54. The second-order valence-corrected chi connectivity index (χ2v) is 6.04. The highest BCUT2D eigenvalue weighted by atomic mass is 16.4. The maximum atomic E-state index is 11.6. The van der Waals surface area contributed by atoms with Gasteiger partial charge in [-0.15, -0.1) is 0 Å². The van der Waals surface area contributed by atoms with Crippen molar-refractivity contribution in [3.63, 3.8) is 0 Å². The molecular formula is C13H25NO3. The zero-order valence-electron chi connectivity index (χ0n) is 11.5. The van der Waals surface area contributed by atoms with Gasteiger partial charge in [0.1, 0.15) is 6.04 Å². The van der Waals surface area contributed by atoms with E-state index in [1.807, 2.05) is 0 Å². The first-order chi connectivity index (χ1) is 7.63. The summed E-state index contributed by atoms with van der Waals surface area (Å²) in [6.07, 6.45) is 2.15. The Morgan fingerprint density at radius 2 is 1.76 bits per heavy atom. The third-order valence-corrected chi connectivity index (χ3v) is 2.58. The van der Waals surface area contributed by atoms with Crippen LogP contribution in [0.5, 0.6) is 0 Å². The normalized spacial score (nSPS) is 13.5. The Hall–Kier alpha value is -1.06. The highest BCUT2D eigenvalue weighted by molar-refractivity contribution is 5.83. The van der Waals surface area contributed by atoms with Gasteiger partial charge in [-0.05, 0) is 24.2 Å². The van der Waals surface area contributed by atoms with Crippen LogP contribution in [-0.2, 0) is 9.59 Å². The molecule has 17 heavy (non-hydrogen) atoms. The third kappa shape index (κ3) is 7.77. The number of hydrogen-bond donors (Lipinski definition) is 2. The molecule has 0 aromatic heterocycles. The molecule has 0 bridgehead atoms. The van der Waals surface area contributed by atoms with E-state index in [0.717, 1.165) is 12.8 Å². The summed E-state index contributed by atoms with van der Waals surface area (Å²) in [6, 6.07) is -0.780. The van der Waals surface area contributed by atoms with Gasteiger partial charge in [-0.1, -0.05) is 34.6 Å². The van der Waals surface area contributed by atoms with Crippen molar-refractivity contribution in [3.8, 4) is 0 Å². The highest BCUT2D eigenvalue weighted by Gasteiger charge is 2.23. The lowest BCUT2D eigenvalue weighted by molar-refractivity contribution is -0.143. The Morgan fingerprint density at radius 3 is 2.12 bits per heavy atom. The molecule has 4 nitrogen and oxygen atoms in total. The van der Waals surface area contributed by atoms with Crippen LogP contribution in [0.2, 0.25) is 0 Å². The van der Waals surface area contributed by atoms with Crippen molar-refractivity contribution >= 4 is 11.9 Å². The molecule has 0 aromatic rings. The fraction of sp³-hybridized carbons (Fsp3) is 0.846. The number of hydrogen-bond acceptors (Lipinski definition) is 2. The van der Waals surface area contributed by atoms with Crippen molar-refractivity contribution in [1.82, 2.24) is 5.32 Å². The lowest BCUT2D eigenvalue weighted by Gasteiger charge is -2.20. The van der Waals surface area contributed by atoms with E-state index in [-0.39, 0.29) is 17.2 Å². The van der Waals surface area contributed by atoms with Crippen LogP contribution in [-0.4, -0.2) is 23.0 Å². The van der Waals surface area contributed by atoms with Crippen molar-refractivity contribution in [2.24, 2.45) is 11.3 Å². The number of carboxylic acids is 1. The minimum Gasteiger partial charge on any atom is -0.480 e. The Balaban J connectivity index is 4.04. The number of rotatable bonds is 6. The van der Waals surface area contributed by atoms with Crippen LogP contribution in [0.25, 0.3) is 0 Å². The predicted octanol–water partition coefficient (Wildman–Crippen LogP) is 2.43. The molecule has 0 saturated heterocycles. The SMILES string of the molecule is CC(C)C(NC(=O)CCCC(C)(C)C)C(=O)O. The average molecular weight is 243 g/mol. The zero-order chi connectivity index (χ0) is 13.6. The zero-order valence-corrected chi connectivity index (χ0v) is 11.5. The molecule has 1 atom stereocenters. The quantitative estimate of drug-likeness (QED) is 0.753. The van der Waals surface area contributed by atoms with Crippen LogP contribution < -0.4 is 5.32 Å². The van der Waals surface area contributed by atoms with Crippen LogP contribution in [0, 0.1) is 11.3 Å². The van der Waals surface area contributed by atoms with E-state index < -0.39 is 12.0 Å². The van der Waals surface area contributed by atoms with Crippen LogP contribution in [0.15, 0.2) is 0 Å². The number of amides is 1. The predicted molar refractivity (Wildman–Crippen MR) is 67.7 cm³/mol. The van der Waals surface area contributed by atoms with Crippen LogP contribution in [0.3, 0.4) is 0 Å². The topological polar surface area (TPSA) is 66.4 Å². The summed E-state index contributed by atoms with van der Waals surface area (Å²) < 4.78 is 0. The van der Waals surface area contributed by atoms with Gasteiger partial charge in [0.15, 0.2) is 0 Å². The molecule has 0 fully saturated rings.